The van der Waals surface area contributed by atoms with Crippen molar-refractivity contribution >= 4 is 38.5 Å². The number of ether oxygens (including phenoxy) is 1. The molecule has 3 heterocycles. The van der Waals surface area contributed by atoms with Crippen LogP contribution in [0.15, 0.2) is 59.5 Å². The predicted molar refractivity (Wildman–Crippen MR) is 128 cm³/mol. The molecule has 0 amide bonds. The molecule has 5 rings (SSSR count). The van der Waals surface area contributed by atoms with Gasteiger partial charge in [0.2, 0.25) is 0 Å². The molecule has 0 radical (unpaired) electrons. The molecule has 8 nitrogen and oxygen atoms in total. The van der Waals surface area contributed by atoms with Gasteiger partial charge in [0.05, 0.1) is 10.2 Å². The van der Waals surface area contributed by atoms with E-state index in [0.29, 0.717) is 32.6 Å². The molecule has 0 atom stereocenters. The molecule has 0 unspecified atom stereocenters. The Bertz CT molecular complexity index is 1570. The Hall–Kier alpha value is -4.12. The van der Waals surface area contributed by atoms with Crippen LogP contribution in [0.2, 0.25) is 0 Å². The minimum absolute atomic E-state index is 0.0167. The molecule has 0 saturated heterocycles. The second kappa shape index (κ2) is 8.34. The summed E-state index contributed by atoms with van der Waals surface area (Å²) >= 11 is 3.51. The van der Waals surface area contributed by atoms with E-state index in [4.69, 9.17) is 16.2 Å². The molecule has 34 heavy (non-hydrogen) atoms. The highest BCUT2D eigenvalue weighted by Gasteiger charge is 2.24. The first-order valence-corrected chi connectivity index (χ1v) is 10.8. The third kappa shape index (κ3) is 3.69. The van der Waals surface area contributed by atoms with Gasteiger partial charge in [-0.25, -0.2) is 28.7 Å². The fourth-order valence-corrected chi connectivity index (χ4v) is 4.28. The van der Waals surface area contributed by atoms with Gasteiger partial charge in [0.1, 0.15) is 23.2 Å². The topological polar surface area (TPSA) is 118 Å². The Morgan fingerprint density at radius 2 is 1.79 bits per heavy atom. The quantitative estimate of drug-likeness (QED) is 0.311. The smallest absolute Gasteiger partial charge is 0.322 e. The standard InChI is InChI=1S/C23H16BrF2N7O/c1-11-6-7-29-23(32-11)34-17-5-3-13(9-16(17)26)33-20(14-4-2-12(27)8-15(14)25)18(24)19-21(33)22(28)31-10-30-19/h2-10H,27H2,1H3,(H2,28,30,31). The number of nitrogens with two attached hydrogens (primary N) is 2. The van der Waals surface area contributed by atoms with Crippen LogP contribution in [0.25, 0.3) is 28.0 Å². The van der Waals surface area contributed by atoms with Crippen molar-refractivity contribution in [2.75, 3.05) is 11.5 Å². The summed E-state index contributed by atoms with van der Waals surface area (Å²) in [7, 11) is 0. The molecule has 11 heteroatoms. The molecule has 2 aromatic carbocycles. The second-order valence-corrected chi connectivity index (χ2v) is 8.18. The van der Waals surface area contributed by atoms with Crippen molar-refractivity contribution in [2.45, 2.75) is 6.92 Å². The molecule has 3 aromatic heterocycles. The zero-order chi connectivity index (χ0) is 24.0. The van der Waals surface area contributed by atoms with Crippen LogP contribution in [0.4, 0.5) is 20.3 Å². The predicted octanol–water partition coefficient (Wildman–Crippen LogP) is 5.18. The van der Waals surface area contributed by atoms with E-state index in [-0.39, 0.29) is 28.8 Å². The first-order chi connectivity index (χ1) is 16.3. The Labute approximate surface area is 200 Å². The van der Waals surface area contributed by atoms with Gasteiger partial charge in [-0.3, -0.25) is 0 Å². The maximum Gasteiger partial charge on any atom is 0.322 e. The Morgan fingerprint density at radius 3 is 2.53 bits per heavy atom. The summed E-state index contributed by atoms with van der Waals surface area (Å²) in [5.74, 6) is -1.18. The largest absolute Gasteiger partial charge is 0.421 e. The second-order valence-electron chi connectivity index (χ2n) is 7.39. The van der Waals surface area contributed by atoms with Crippen molar-refractivity contribution in [1.29, 1.82) is 0 Å². The van der Waals surface area contributed by atoms with Crippen LogP contribution >= 0.6 is 15.9 Å². The summed E-state index contributed by atoms with van der Waals surface area (Å²) in [4.78, 5) is 16.4. The number of halogens is 3. The average molecular weight is 524 g/mol. The summed E-state index contributed by atoms with van der Waals surface area (Å²) in [6, 6.07) is 10.3. The third-order valence-electron chi connectivity index (χ3n) is 5.11. The normalized spacial score (nSPS) is 11.2. The number of hydrogen-bond acceptors (Lipinski definition) is 7. The molecule has 4 N–H and O–H groups in total. The maximum atomic E-state index is 15.1. The lowest BCUT2D eigenvalue weighted by Gasteiger charge is -2.14. The molecule has 5 aromatic rings. The van der Waals surface area contributed by atoms with Crippen molar-refractivity contribution in [1.82, 2.24) is 24.5 Å². The minimum Gasteiger partial charge on any atom is -0.421 e. The molecule has 0 spiro atoms. The molecule has 170 valence electrons. The number of rotatable bonds is 4. The van der Waals surface area contributed by atoms with E-state index in [1.165, 1.54) is 36.8 Å². The molecule has 0 fully saturated rings. The fraction of sp³-hybridized carbons (Fsp3) is 0.0435. The SMILES string of the molecule is Cc1ccnc(Oc2ccc(-n3c(-c4ccc(N)cc4F)c(Br)c4ncnc(N)c43)cc2F)n1. The summed E-state index contributed by atoms with van der Waals surface area (Å²) < 4.78 is 37.7. The van der Waals surface area contributed by atoms with Crippen LogP contribution in [0, 0.1) is 18.6 Å². The van der Waals surface area contributed by atoms with Crippen LogP contribution in [-0.2, 0) is 0 Å². The molecule has 0 aliphatic carbocycles. The van der Waals surface area contributed by atoms with Gasteiger partial charge < -0.3 is 20.8 Å². The van der Waals surface area contributed by atoms with Crippen LogP contribution in [0.3, 0.4) is 0 Å². The van der Waals surface area contributed by atoms with Crippen LogP contribution in [0.5, 0.6) is 11.8 Å². The van der Waals surface area contributed by atoms with Crippen molar-refractivity contribution in [3.8, 4) is 28.7 Å². The number of fused-ring (bicyclic) bond motifs is 1. The molecule has 0 aliphatic heterocycles. The van der Waals surface area contributed by atoms with E-state index in [2.05, 4.69) is 35.9 Å². The van der Waals surface area contributed by atoms with Gasteiger partial charge in [-0.05, 0) is 59.3 Å². The molecule has 0 saturated carbocycles. The minimum atomic E-state index is -0.681. The summed E-state index contributed by atoms with van der Waals surface area (Å²) in [5, 5.41) is 0. The van der Waals surface area contributed by atoms with E-state index >= 15 is 4.39 Å². The van der Waals surface area contributed by atoms with E-state index in [9.17, 15) is 4.39 Å². The van der Waals surface area contributed by atoms with E-state index < -0.39 is 11.6 Å². The molecular formula is C23H16BrF2N7O. The first kappa shape index (κ1) is 21.7. The zero-order valence-electron chi connectivity index (χ0n) is 17.6. The highest BCUT2D eigenvalue weighted by Crippen LogP contribution is 2.42. The lowest BCUT2D eigenvalue weighted by Crippen LogP contribution is -2.03. The number of anilines is 2. The summed E-state index contributed by atoms with van der Waals surface area (Å²) in [6.07, 6.45) is 2.82. The molecule has 0 aliphatic rings. The van der Waals surface area contributed by atoms with Gasteiger partial charge >= 0.3 is 6.01 Å². The van der Waals surface area contributed by atoms with Gasteiger partial charge in [-0.2, -0.15) is 0 Å². The van der Waals surface area contributed by atoms with Gasteiger partial charge in [0.25, 0.3) is 0 Å². The number of nitrogens with zero attached hydrogens (tertiary/aromatic N) is 5. The van der Waals surface area contributed by atoms with E-state index in [1.807, 2.05) is 0 Å². The zero-order valence-corrected chi connectivity index (χ0v) is 19.2. The number of aryl methyl sites for hydroxylation is 1. The van der Waals surface area contributed by atoms with Gasteiger partial charge in [0, 0.05) is 34.9 Å². The van der Waals surface area contributed by atoms with Crippen molar-refractivity contribution in [3.05, 3.63) is 76.8 Å². The monoisotopic (exact) mass is 523 g/mol. The van der Waals surface area contributed by atoms with Crippen LogP contribution in [0.1, 0.15) is 5.69 Å². The average Bonchev–Trinajstić information content (AvgIpc) is 3.09. The van der Waals surface area contributed by atoms with Crippen LogP contribution < -0.4 is 16.2 Å². The van der Waals surface area contributed by atoms with Gasteiger partial charge in [-0.15, -0.1) is 0 Å². The van der Waals surface area contributed by atoms with E-state index in [1.54, 1.807) is 29.7 Å². The Kier molecular flexibility index (Phi) is 5.33. The Balaban J connectivity index is 1.71. The fourth-order valence-electron chi connectivity index (χ4n) is 3.60. The Morgan fingerprint density at radius 1 is 0.971 bits per heavy atom. The molecule has 0 bridgehead atoms. The molecular weight excluding hydrogens is 508 g/mol. The lowest BCUT2D eigenvalue weighted by molar-refractivity contribution is 0.410. The van der Waals surface area contributed by atoms with E-state index in [0.717, 1.165) is 0 Å². The summed E-state index contributed by atoms with van der Waals surface area (Å²) in [5.41, 5.74) is 14.6. The lowest BCUT2D eigenvalue weighted by atomic mass is 10.1. The van der Waals surface area contributed by atoms with Gasteiger partial charge in [-0.1, -0.05) is 0 Å². The first-order valence-electron chi connectivity index (χ1n) is 9.96. The maximum absolute atomic E-state index is 15.1. The number of benzene rings is 2. The van der Waals surface area contributed by atoms with Crippen molar-refractivity contribution in [3.63, 3.8) is 0 Å². The third-order valence-corrected chi connectivity index (χ3v) is 5.86. The number of hydrogen-bond donors (Lipinski definition) is 2. The van der Waals surface area contributed by atoms with Crippen LogP contribution in [-0.4, -0.2) is 24.5 Å². The van der Waals surface area contributed by atoms with Crippen molar-refractivity contribution in [2.24, 2.45) is 0 Å². The number of nitrogen functional groups attached to an aromatic ring is 2. The highest BCUT2D eigenvalue weighted by molar-refractivity contribution is 9.10. The highest BCUT2D eigenvalue weighted by atomic mass is 79.9. The van der Waals surface area contributed by atoms with Gasteiger partial charge in [0.15, 0.2) is 17.4 Å². The summed E-state index contributed by atoms with van der Waals surface area (Å²) in [6.45, 7) is 1.77. The van der Waals surface area contributed by atoms with Crippen molar-refractivity contribution < 1.29 is 13.5 Å². The number of aromatic nitrogens is 5.